The maximum Gasteiger partial charge on any atom is 0.0346 e. The monoisotopic (exact) mass is 274 g/mol. The molecule has 2 aromatic rings. The summed E-state index contributed by atoms with van der Waals surface area (Å²) >= 11 is 1.86. The number of nitrogens with one attached hydrogen (secondary N) is 1. The fourth-order valence-electron chi connectivity index (χ4n) is 2.82. The molecule has 0 amide bonds. The standard InChI is InChI=1S/C16H22N2S/c1-12-8-18(16(2,3)11-17-12)9-13-10-19-15-7-5-4-6-14(13)15/h4-7,10,12,17H,8-9,11H2,1-3H3. The predicted octanol–water partition coefficient (Wildman–Crippen LogP) is 3.47. The van der Waals surface area contributed by atoms with Gasteiger partial charge in [0, 0.05) is 35.9 Å². The molecule has 1 aromatic heterocycles. The van der Waals surface area contributed by atoms with E-state index in [1.807, 2.05) is 11.3 Å². The average Bonchev–Trinajstić information content (AvgIpc) is 2.78. The highest BCUT2D eigenvalue weighted by molar-refractivity contribution is 7.17. The fourth-order valence-corrected chi connectivity index (χ4v) is 3.77. The number of piperazine rings is 1. The smallest absolute Gasteiger partial charge is 0.0346 e. The van der Waals surface area contributed by atoms with E-state index < -0.39 is 0 Å². The van der Waals surface area contributed by atoms with Gasteiger partial charge in [-0.1, -0.05) is 18.2 Å². The molecule has 1 aliphatic rings. The first kappa shape index (κ1) is 13.1. The first-order chi connectivity index (χ1) is 9.06. The minimum Gasteiger partial charge on any atom is -0.311 e. The Balaban J connectivity index is 1.87. The van der Waals surface area contributed by atoms with E-state index >= 15 is 0 Å². The largest absolute Gasteiger partial charge is 0.311 e. The highest BCUT2D eigenvalue weighted by atomic mass is 32.1. The van der Waals surface area contributed by atoms with Crippen molar-refractivity contribution in [2.75, 3.05) is 13.1 Å². The first-order valence-electron chi connectivity index (χ1n) is 7.00. The van der Waals surface area contributed by atoms with Crippen LogP contribution in [0.2, 0.25) is 0 Å². The molecule has 102 valence electrons. The van der Waals surface area contributed by atoms with Gasteiger partial charge in [-0.05, 0) is 43.2 Å². The highest BCUT2D eigenvalue weighted by Gasteiger charge is 2.32. The van der Waals surface area contributed by atoms with E-state index in [9.17, 15) is 0 Å². The average molecular weight is 274 g/mol. The van der Waals surface area contributed by atoms with E-state index in [1.54, 1.807) is 0 Å². The zero-order valence-corrected chi connectivity index (χ0v) is 12.8. The molecular formula is C16H22N2S. The second kappa shape index (κ2) is 4.89. The lowest BCUT2D eigenvalue weighted by atomic mass is 9.97. The summed E-state index contributed by atoms with van der Waals surface area (Å²) in [6, 6.07) is 9.32. The van der Waals surface area contributed by atoms with E-state index in [-0.39, 0.29) is 5.54 Å². The molecule has 1 aliphatic heterocycles. The number of fused-ring (bicyclic) bond motifs is 1. The van der Waals surface area contributed by atoms with E-state index in [0.717, 1.165) is 19.6 Å². The fraction of sp³-hybridized carbons (Fsp3) is 0.500. The second-order valence-electron chi connectivity index (χ2n) is 6.23. The minimum atomic E-state index is 0.232. The topological polar surface area (TPSA) is 15.3 Å². The summed E-state index contributed by atoms with van der Waals surface area (Å²) in [4.78, 5) is 2.61. The van der Waals surface area contributed by atoms with Crippen molar-refractivity contribution in [2.24, 2.45) is 0 Å². The molecule has 0 aliphatic carbocycles. The van der Waals surface area contributed by atoms with Crippen LogP contribution in [0.1, 0.15) is 26.3 Å². The number of hydrogen-bond acceptors (Lipinski definition) is 3. The van der Waals surface area contributed by atoms with Crippen LogP contribution >= 0.6 is 11.3 Å². The van der Waals surface area contributed by atoms with Crippen LogP contribution in [0.25, 0.3) is 10.1 Å². The molecule has 0 bridgehead atoms. The molecule has 1 saturated heterocycles. The molecule has 0 radical (unpaired) electrons. The van der Waals surface area contributed by atoms with Crippen molar-refractivity contribution in [1.82, 2.24) is 10.2 Å². The van der Waals surface area contributed by atoms with Gasteiger partial charge >= 0.3 is 0 Å². The number of rotatable bonds is 2. The predicted molar refractivity (Wildman–Crippen MR) is 83.8 cm³/mol. The van der Waals surface area contributed by atoms with Crippen molar-refractivity contribution in [3.05, 3.63) is 35.2 Å². The Morgan fingerprint density at radius 3 is 3.00 bits per heavy atom. The molecule has 3 heteroatoms. The third kappa shape index (κ3) is 2.55. The highest BCUT2D eigenvalue weighted by Crippen LogP contribution is 2.29. The van der Waals surface area contributed by atoms with Crippen LogP contribution in [0, 0.1) is 0 Å². The molecule has 19 heavy (non-hydrogen) atoms. The lowest BCUT2D eigenvalue weighted by molar-refractivity contribution is 0.0631. The number of hydrogen-bond donors (Lipinski definition) is 1. The number of benzene rings is 1. The zero-order chi connectivity index (χ0) is 13.5. The molecule has 0 spiro atoms. The second-order valence-corrected chi connectivity index (χ2v) is 7.14. The van der Waals surface area contributed by atoms with Crippen LogP contribution in [0.3, 0.4) is 0 Å². The van der Waals surface area contributed by atoms with Crippen molar-refractivity contribution >= 4 is 21.4 Å². The summed E-state index contributed by atoms with van der Waals surface area (Å²) in [7, 11) is 0. The molecule has 1 unspecified atom stereocenters. The Bertz CT molecular complexity index is 573. The molecule has 0 saturated carbocycles. The van der Waals surface area contributed by atoms with Gasteiger partial charge in [0.15, 0.2) is 0 Å². The van der Waals surface area contributed by atoms with Crippen LogP contribution in [-0.2, 0) is 6.54 Å². The van der Waals surface area contributed by atoms with Crippen LogP contribution in [0.4, 0.5) is 0 Å². The van der Waals surface area contributed by atoms with E-state index in [4.69, 9.17) is 0 Å². The SMILES string of the molecule is CC1CN(Cc2csc3ccccc23)C(C)(C)CN1. The molecule has 1 N–H and O–H groups in total. The Kier molecular flexibility index (Phi) is 3.37. The summed E-state index contributed by atoms with van der Waals surface area (Å²) in [6.45, 7) is 10.2. The molecule has 1 fully saturated rings. The third-order valence-electron chi connectivity index (χ3n) is 4.16. The first-order valence-corrected chi connectivity index (χ1v) is 7.88. The Morgan fingerprint density at radius 2 is 2.16 bits per heavy atom. The Hall–Kier alpha value is -0.900. The van der Waals surface area contributed by atoms with Gasteiger partial charge in [0.05, 0.1) is 0 Å². The molecule has 3 rings (SSSR count). The van der Waals surface area contributed by atoms with Crippen LogP contribution < -0.4 is 5.32 Å². The van der Waals surface area contributed by atoms with Crippen molar-refractivity contribution in [1.29, 1.82) is 0 Å². The van der Waals surface area contributed by atoms with Crippen molar-refractivity contribution < 1.29 is 0 Å². The summed E-state index contributed by atoms with van der Waals surface area (Å²) in [5, 5.41) is 7.33. The summed E-state index contributed by atoms with van der Waals surface area (Å²) < 4.78 is 1.40. The van der Waals surface area contributed by atoms with Gasteiger partial charge in [-0.2, -0.15) is 0 Å². The van der Waals surface area contributed by atoms with Gasteiger partial charge in [-0.3, -0.25) is 4.90 Å². The maximum absolute atomic E-state index is 3.58. The van der Waals surface area contributed by atoms with E-state index in [0.29, 0.717) is 6.04 Å². The van der Waals surface area contributed by atoms with Gasteiger partial charge in [0.25, 0.3) is 0 Å². The van der Waals surface area contributed by atoms with Gasteiger partial charge in [0.1, 0.15) is 0 Å². The zero-order valence-electron chi connectivity index (χ0n) is 11.9. The van der Waals surface area contributed by atoms with Crippen LogP contribution in [0.5, 0.6) is 0 Å². The van der Waals surface area contributed by atoms with E-state index in [2.05, 4.69) is 60.6 Å². The maximum atomic E-state index is 3.58. The van der Waals surface area contributed by atoms with Gasteiger partial charge < -0.3 is 5.32 Å². The van der Waals surface area contributed by atoms with Crippen molar-refractivity contribution in [2.45, 2.75) is 38.9 Å². The minimum absolute atomic E-state index is 0.232. The molecule has 2 nitrogen and oxygen atoms in total. The summed E-state index contributed by atoms with van der Waals surface area (Å²) in [5.74, 6) is 0. The number of nitrogens with zero attached hydrogens (tertiary/aromatic N) is 1. The van der Waals surface area contributed by atoms with Crippen LogP contribution in [-0.4, -0.2) is 29.6 Å². The van der Waals surface area contributed by atoms with E-state index in [1.165, 1.54) is 15.6 Å². The lowest BCUT2D eigenvalue weighted by Gasteiger charge is -2.45. The third-order valence-corrected chi connectivity index (χ3v) is 5.17. The van der Waals surface area contributed by atoms with Crippen molar-refractivity contribution in [3.8, 4) is 0 Å². The summed E-state index contributed by atoms with van der Waals surface area (Å²) in [6.07, 6.45) is 0. The Morgan fingerprint density at radius 1 is 1.37 bits per heavy atom. The molecule has 1 atom stereocenters. The van der Waals surface area contributed by atoms with Crippen LogP contribution in [0.15, 0.2) is 29.6 Å². The van der Waals surface area contributed by atoms with Gasteiger partial charge in [0.2, 0.25) is 0 Å². The molecule has 2 heterocycles. The molecule has 1 aromatic carbocycles. The normalized spacial score (nSPS) is 23.8. The molecular weight excluding hydrogens is 252 g/mol. The number of thiophene rings is 1. The van der Waals surface area contributed by atoms with Crippen molar-refractivity contribution in [3.63, 3.8) is 0 Å². The van der Waals surface area contributed by atoms with Gasteiger partial charge in [-0.15, -0.1) is 11.3 Å². The van der Waals surface area contributed by atoms with Gasteiger partial charge in [-0.25, -0.2) is 0 Å². The lowest BCUT2D eigenvalue weighted by Crippen LogP contribution is -2.60. The Labute approximate surface area is 119 Å². The quantitative estimate of drug-likeness (QED) is 0.902. The summed E-state index contributed by atoms with van der Waals surface area (Å²) in [5.41, 5.74) is 1.71.